The van der Waals surface area contributed by atoms with Crippen molar-refractivity contribution in [3.05, 3.63) is 23.7 Å². The summed E-state index contributed by atoms with van der Waals surface area (Å²) in [6, 6.07) is 0. The second-order valence-corrected chi connectivity index (χ2v) is 9.21. The van der Waals surface area contributed by atoms with Crippen LogP contribution < -0.4 is 0 Å². The molecular weight excluding hydrogens is 332 g/mol. The number of esters is 1. The van der Waals surface area contributed by atoms with Crippen molar-refractivity contribution < 1.29 is 24.5 Å². The van der Waals surface area contributed by atoms with Crippen LogP contribution in [0.2, 0.25) is 0 Å². The molecule has 1 heterocycles. The monoisotopic (exact) mass is 360 g/mol. The van der Waals surface area contributed by atoms with Crippen molar-refractivity contribution in [3.63, 3.8) is 0 Å². The van der Waals surface area contributed by atoms with Crippen LogP contribution in [0.3, 0.4) is 0 Å². The third-order valence-electron chi connectivity index (χ3n) is 8.10. The second kappa shape index (κ2) is 5.86. The molecule has 3 saturated carbocycles. The molecule has 4 aliphatic rings. The minimum atomic E-state index is -0.464. The normalized spacial score (nSPS) is 48.5. The Balaban J connectivity index is 1.67. The van der Waals surface area contributed by atoms with Gasteiger partial charge in [0.05, 0.1) is 18.1 Å². The fourth-order valence-corrected chi connectivity index (χ4v) is 6.61. The van der Waals surface area contributed by atoms with Gasteiger partial charge in [0, 0.05) is 17.9 Å². The zero-order valence-corrected chi connectivity index (χ0v) is 15.5. The summed E-state index contributed by atoms with van der Waals surface area (Å²) >= 11 is 0. The summed E-state index contributed by atoms with van der Waals surface area (Å²) in [5.41, 5.74) is 0.463. The molecule has 0 aromatic carbocycles. The van der Waals surface area contributed by atoms with E-state index in [1.54, 1.807) is 0 Å². The maximum absolute atomic E-state index is 12.3. The topological polar surface area (TPSA) is 83.8 Å². The first-order valence-corrected chi connectivity index (χ1v) is 9.75. The number of aliphatic hydroxyl groups is 2. The second-order valence-electron chi connectivity index (χ2n) is 9.21. The molecule has 0 aromatic heterocycles. The Hall–Kier alpha value is -1.78. The van der Waals surface area contributed by atoms with E-state index in [0.29, 0.717) is 48.2 Å². The van der Waals surface area contributed by atoms with Gasteiger partial charge in [-0.3, -0.25) is 4.79 Å². The van der Waals surface area contributed by atoms with Crippen LogP contribution in [0.1, 0.15) is 58.8 Å². The number of carbonyl (C=O) groups is 2. The molecule has 1 aliphatic heterocycles. The molecule has 26 heavy (non-hydrogen) atoms. The predicted octanol–water partition coefficient (Wildman–Crippen LogP) is 4.00. The van der Waals surface area contributed by atoms with Crippen molar-refractivity contribution in [2.45, 2.75) is 64.4 Å². The SMILES string of the molecule is C[C@]12C/C(=C/O)C(=O)C[C@@H]1CC[C@H]1[C@H]2CC[C@@]2(C)OC(=O)/C(=C\O)C[C@@H]12. The molecule has 4 fully saturated rings. The van der Waals surface area contributed by atoms with Gasteiger partial charge in [0.1, 0.15) is 5.60 Å². The number of rotatable bonds is 0. The fourth-order valence-electron chi connectivity index (χ4n) is 6.61. The van der Waals surface area contributed by atoms with Gasteiger partial charge in [0.2, 0.25) is 0 Å². The van der Waals surface area contributed by atoms with E-state index in [0.717, 1.165) is 38.2 Å². The van der Waals surface area contributed by atoms with Crippen molar-refractivity contribution in [3.8, 4) is 0 Å². The number of Topliss-reactive ketones (excluding diaryl/α,β-unsaturated/α-hetero) is 1. The van der Waals surface area contributed by atoms with E-state index in [9.17, 15) is 19.8 Å². The molecule has 142 valence electrons. The van der Waals surface area contributed by atoms with Gasteiger partial charge in [0.15, 0.2) is 5.78 Å². The maximum Gasteiger partial charge on any atom is 0.337 e. The molecule has 0 amide bonds. The summed E-state index contributed by atoms with van der Waals surface area (Å²) in [7, 11) is 0. The van der Waals surface area contributed by atoms with Crippen LogP contribution in [0.25, 0.3) is 0 Å². The minimum Gasteiger partial charge on any atom is -0.515 e. The average Bonchev–Trinajstić information content (AvgIpc) is 2.60. The van der Waals surface area contributed by atoms with Crippen LogP contribution in [0, 0.1) is 29.1 Å². The van der Waals surface area contributed by atoms with Crippen LogP contribution >= 0.6 is 0 Å². The highest BCUT2D eigenvalue weighted by atomic mass is 16.6. The average molecular weight is 360 g/mol. The quantitative estimate of drug-likeness (QED) is 0.387. The summed E-state index contributed by atoms with van der Waals surface area (Å²) < 4.78 is 5.79. The smallest absolute Gasteiger partial charge is 0.337 e. The molecule has 0 unspecified atom stereocenters. The van der Waals surface area contributed by atoms with Gasteiger partial charge in [-0.2, -0.15) is 0 Å². The third kappa shape index (κ3) is 2.35. The van der Waals surface area contributed by atoms with Gasteiger partial charge in [0.25, 0.3) is 0 Å². The Bertz CT molecular complexity index is 707. The number of ketones is 1. The molecule has 2 N–H and O–H groups in total. The molecule has 5 nitrogen and oxygen atoms in total. The van der Waals surface area contributed by atoms with Crippen LogP contribution in [0.5, 0.6) is 0 Å². The van der Waals surface area contributed by atoms with E-state index in [1.807, 2.05) is 6.92 Å². The zero-order chi connectivity index (χ0) is 18.7. The van der Waals surface area contributed by atoms with E-state index in [1.165, 1.54) is 0 Å². The summed E-state index contributed by atoms with van der Waals surface area (Å²) in [4.78, 5) is 24.4. The van der Waals surface area contributed by atoms with Crippen molar-refractivity contribution in [2.75, 3.05) is 0 Å². The third-order valence-corrected chi connectivity index (χ3v) is 8.10. The van der Waals surface area contributed by atoms with E-state index >= 15 is 0 Å². The Morgan fingerprint density at radius 2 is 1.73 bits per heavy atom. The van der Waals surface area contributed by atoms with Gasteiger partial charge in [-0.25, -0.2) is 4.79 Å². The highest BCUT2D eigenvalue weighted by molar-refractivity contribution is 5.96. The molecule has 0 radical (unpaired) electrons. The van der Waals surface area contributed by atoms with Crippen molar-refractivity contribution in [2.24, 2.45) is 29.1 Å². The summed E-state index contributed by atoms with van der Waals surface area (Å²) in [6.07, 6.45) is 7.48. The molecule has 3 aliphatic carbocycles. The van der Waals surface area contributed by atoms with Crippen LogP contribution in [-0.4, -0.2) is 27.6 Å². The standard InChI is InChI=1S/C21H28O5/c1-20-9-13(11-23)18(24)8-14(20)3-4-15-16(20)5-6-21(2)17(15)7-12(10-22)19(25)26-21/h10-11,14-17,22-23H,3-9H2,1-2H3/b12-10-,13-11-/t14-,15-,16+,17-,20-,21+/m0/s1. The zero-order valence-electron chi connectivity index (χ0n) is 15.5. The number of ether oxygens (including phenoxy) is 1. The summed E-state index contributed by atoms with van der Waals surface area (Å²) in [5.74, 6) is 1.12. The molecule has 0 spiro atoms. The van der Waals surface area contributed by atoms with Gasteiger partial charge < -0.3 is 14.9 Å². The van der Waals surface area contributed by atoms with E-state index in [4.69, 9.17) is 4.74 Å². The Morgan fingerprint density at radius 3 is 2.42 bits per heavy atom. The highest BCUT2D eigenvalue weighted by Gasteiger charge is 2.60. The Kier molecular flexibility index (Phi) is 3.97. The first-order chi connectivity index (χ1) is 12.3. The van der Waals surface area contributed by atoms with Crippen LogP contribution in [0.4, 0.5) is 0 Å². The maximum atomic E-state index is 12.3. The lowest BCUT2D eigenvalue weighted by atomic mass is 9.45. The van der Waals surface area contributed by atoms with E-state index < -0.39 is 11.6 Å². The number of hydrogen-bond acceptors (Lipinski definition) is 5. The van der Waals surface area contributed by atoms with Gasteiger partial charge in [-0.05, 0) is 68.6 Å². The molecule has 4 rings (SSSR count). The molecule has 0 aromatic rings. The van der Waals surface area contributed by atoms with E-state index in [2.05, 4.69) is 6.92 Å². The lowest BCUT2D eigenvalue weighted by Crippen LogP contribution is -2.58. The number of aliphatic hydroxyl groups excluding tert-OH is 2. The first-order valence-electron chi connectivity index (χ1n) is 9.75. The van der Waals surface area contributed by atoms with Crippen LogP contribution in [-0.2, 0) is 14.3 Å². The highest BCUT2D eigenvalue weighted by Crippen LogP contribution is 2.63. The predicted molar refractivity (Wildman–Crippen MR) is 95.3 cm³/mol. The van der Waals surface area contributed by atoms with Crippen molar-refractivity contribution in [1.29, 1.82) is 0 Å². The Morgan fingerprint density at radius 1 is 1.00 bits per heavy atom. The van der Waals surface area contributed by atoms with Gasteiger partial charge >= 0.3 is 5.97 Å². The van der Waals surface area contributed by atoms with Crippen molar-refractivity contribution in [1.82, 2.24) is 0 Å². The number of hydrogen-bond donors (Lipinski definition) is 2. The summed E-state index contributed by atoms with van der Waals surface area (Å²) in [6.45, 7) is 4.32. The summed E-state index contributed by atoms with van der Waals surface area (Å²) in [5, 5.41) is 18.9. The molecule has 1 saturated heterocycles. The van der Waals surface area contributed by atoms with Gasteiger partial charge in [-0.15, -0.1) is 0 Å². The van der Waals surface area contributed by atoms with Gasteiger partial charge in [-0.1, -0.05) is 6.92 Å². The number of carbonyl (C=O) groups excluding carboxylic acids is 2. The molecule has 6 atom stereocenters. The molecular formula is C21H28O5. The number of fused-ring (bicyclic) bond motifs is 5. The first kappa shape index (κ1) is 17.6. The molecule has 5 heteroatoms. The number of allylic oxidation sites excluding steroid dienone is 1. The van der Waals surface area contributed by atoms with Crippen molar-refractivity contribution >= 4 is 11.8 Å². The fraction of sp³-hybridized carbons (Fsp3) is 0.714. The lowest BCUT2D eigenvalue weighted by molar-refractivity contribution is -0.193. The Labute approximate surface area is 154 Å². The lowest BCUT2D eigenvalue weighted by Gasteiger charge is -2.61. The minimum absolute atomic E-state index is 0.00271. The van der Waals surface area contributed by atoms with E-state index in [-0.39, 0.29) is 17.1 Å². The van der Waals surface area contributed by atoms with Crippen LogP contribution in [0.15, 0.2) is 23.7 Å². The largest absolute Gasteiger partial charge is 0.515 e. The molecule has 0 bridgehead atoms.